The predicted molar refractivity (Wildman–Crippen MR) is 51.7 cm³/mol. The third-order valence-corrected chi connectivity index (χ3v) is 3.76. The number of rotatable bonds is 1. The van der Waals surface area contributed by atoms with E-state index in [9.17, 15) is 0 Å². The Labute approximate surface area is 80.2 Å². The van der Waals surface area contributed by atoms with Crippen LogP contribution in [0.5, 0.6) is 0 Å². The molecule has 0 bridgehead atoms. The minimum absolute atomic E-state index is 0.305. The van der Waals surface area contributed by atoms with E-state index in [1.165, 1.54) is 38.8 Å². The summed E-state index contributed by atoms with van der Waals surface area (Å²) in [6.07, 6.45) is 5.21. The highest BCUT2D eigenvalue weighted by molar-refractivity contribution is 5.11. The predicted octanol–water partition coefficient (Wildman–Crippen LogP) is 1.79. The van der Waals surface area contributed by atoms with E-state index in [0.717, 1.165) is 0 Å². The summed E-state index contributed by atoms with van der Waals surface area (Å²) in [6, 6.07) is 0.693. The Bertz CT molecular complexity index is 208. The smallest absolute Gasteiger partial charge is 0.0819 e. The highest BCUT2D eigenvalue weighted by atomic mass is 16.5. The molecule has 1 heterocycles. The van der Waals surface area contributed by atoms with E-state index in [1.54, 1.807) is 0 Å². The standard InChI is InChI=1S/C11H19NO/c1-9(2)12-7-10(3-4-10)13-11(8-12)5-6-11/h9H,3-8H2,1-2H3. The number of morpholine rings is 1. The molecule has 0 radical (unpaired) electrons. The van der Waals surface area contributed by atoms with Crippen LogP contribution in [0.25, 0.3) is 0 Å². The molecule has 0 amide bonds. The van der Waals surface area contributed by atoms with Gasteiger partial charge >= 0.3 is 0 Å². The van der Waals surface area contributed by atoms with Gasteiger partial charge in [0.2, 0.25) is 0 Å². The number of nitrogens with zero attached hydrogens (tertiary/aromatic N) is 1. The lowest BCUT2D eigenvalue weighted by Gasteiger charge is -2.41. The highest BCUT2D eigenvalue weighted by Crippen LogP contribution is 2.54. The van der Waals surface area contributed by atoms with E-state index >= 15 is 0 Å². The molecule has 2 heteroatoms. The van der Waals surface area contributed by atoms with E-state index in [0.29, 0.717) is 17.2 Å². The fraction of sp³-hybridized carbons (Fsp3) is 1.00. The van der Waals surface area contributed by atoms with Crippen LogP contribution in [0.4, 0.5) is 0 Å². The van der Waals surface area contributed by atoms with E-state index in [1.807, 2.05) is 0 Å². The van der Waals surface area contributed by atoms with Crippen LogP contribution in [-0.2, 0) is 4.74 Å². The van der Waals surface area contributed by atoms with Crippen LogP contribution < -0.4 is 0 Å². The molecular weight excluding hydrogens is 162 g/mol. The van der Waals surface area contributed by atoms with Gasteiger partial charge in [-0.25, -0.2) is 0 Å². The molecule has 0 aromatic carbocycles. The summed E-state index contributed by atoms with van der Waals surface area (Å²) in [6.45, 7) is 6.98. The maximum absolute atomic E-state index is 6.22. The van der Waals surface area contributed by atoms with Gasteiger partial charge in [-0.2, -0.15) is 0 Å². The molecule has 3 rings (SSSR count). The summed E-state index contributed by atoms with van der Waals surface area (Å²) >= 11 is 0. The SMILES string of the molecule is CC(C)N1CC2(CC2)OC2(CC2)C1. The van der Waals surface area contributed by atoms with Crippen molar-refractivity contribution in [1.29, 1.82) is 0 Å². The maximum Gasteiger partial charge on any atom is 0.0819 e. The van der Waals surface area contributed by atoms with Crippen molar-refractivity contribution in [2.45, 2.75) is 56.8 Å². The monoisotopic (exact) mass is 181 g/mol. The van der Waals surface area contributed by atoms with Crippen LogP contribution in [-0.4, -0.2) is 35.2 Å². The van der Waals surface area contributed by atoms with Gasteiger partial charge in [0.15, 0.2) is 0 Å². The van der Waals surface area contributed by atoms with Gasteiger partial charge in [0.1, 0.15) is 0 Å². The summed E-state index contributed by atoms with van der Waals surface area (Å²) in [5, 5.41) is 0. The van der Waals surface area contributed by atoms with E-state index in [2.05, 4.69) is 18.7 Å². The van der Waals surface area contributed by atoms with Gasteiger partial charge in [-0.1, -0.05) is 0 Å². The van der Waals surface area contributed by atoms with Gasteiger partial charge in [-0.3, -0.25) is 4.90 Å². The molecule has 2 spiro atoms. The summed E-state index contributed by atoms with van der Waals surface area (Å²) in [7, 11) is 0. The minimum Gasteiger partial charge on any atom is -0.366 e. The van der Waals surface area contributed by atoms with Gasteiger partial charge in [0, 0.05) is 19.1 Å². The molecular formula is C11H19NO. The highest BCUT2D eigenvalue weighted by Gasteiger charge is 2.60. The average Bonchev–Trinajstić information content (AvgIpc) is 2.94. The minimum atomic E-state index is 0.305. The zero-order chi connectivity index (χ0) is 9.10. The second-order valence-electron chi connectivity index (χ2n) is 5.47. The van der Waals surface area contributed by atoms with Gasteiger partial charge in [0.05, 0.1) is 11.2 Å². The second kappa shape index (κ2) is 2.29. The van der Waals surface area contributed by atoms with Crippen LogP contribution in [0.15, 0.2) is 0 Å². The summed E-state index contributed by atoms with van der Waals surface area (Å²) in [4.78, 5) is 2.61. The van der Waals surface area contributed by atoms with Crippen LogP contribution in [0.1, 0.15) is 39.5 Å². The molecule has 0 N–H and O–H groups in total. The first-order chi connectivity index (χ1) is 6.13. The topological polar surface area (TPSA) is 12.5 Å². The van der Waals surface area contributed by atoms with Crippen LogP contribution in [0.2, 0.25) is 0 Å². The third kappa shape index (κ3) is 1.31. The van der Waals surface area contributed by atoms with Crippen molar-refractivity contribution in [2.75, 3.05) is 13.1 Å². The second-order valence-corrected chi connectivity index (χ2v) is 5.47. The molecule has 2 aliphatic carbocycles. The first-order valence-electron chi connectivity index (χ1n) is 5.57. The molecule has 3 fully saturated rings. The van der Waals surface area contributed by atoms with Gasteiger partial charge in [-0.05, 0) is 39.5 Å². The van der Waals surface area contributed by atoms with Gasteiger partial charge in [0.25, 0.3) is 0 Å². The van der Waals surface area contributed by atoms with Crippen molar-refractivity contribution in [3.05, 3.63) is 0 Å². The lowest BCUT2D eigenvalue weighted by Crippen LogP contribution is -2.52. The molecule has 1 aliphatic heterocycles. The first kappa shape index (κ1) is 8.25. The lowest BCUT2D eigenvalue weighted by atomic mass is 10.1. The molecule has 13 heavy (non-hydrogen) atoms. The molecule has 74 valence electrons. The Kier molecular flexibility index (Phi) is 1.45. The molecule has 3 aliphatic rings. The number of hydrogen-bond acceptors (Lipinski definition) is 2. The summed E-state index contributed by atoms with van der Waals surface area (Å²) in [5.41, 5.74) is 0.609. The van der Waals surface area contributed by atoms with E-state index < -0.39 is 0 Å². The molecule has 0 aromatic heterocycles. The zero-order valence-corrected chi connectivity index (χ0v) is 8.68. The quantitative estimate of drug-likeness (QED) is 0.611. The molecule has 2 saturated carbocycles. The first-order valence-corrected chi connectivity index (χ1v) is 5.57. The van der Waals surface area contributed by atoms with Crippen LogP contribution in [0.3, 0.4) is 0 Å². The number of ether oxygens (including phenoxy) is 1. The Hall–Kier alpha value is -0.0800. The number of hydrogen-bond donors (Lipinski definition) is 0. The van der Waals surface area contributed by atoms with Crippen molar-refractivity contribution in [1.82, 2.24) is 4.90 Å². The third-order valence-electron chi connectivity index (χ3n) is 3.76. The molecule has 0 unspecified atom stereocenters. The van der Waals surface area contributed by atoms with Crippen molar-refractivity contribution in [2.24, 2.45) is 0 Å². The normalized spacial score (nSPS) is 34.4. The Morgan fingerprint density at radius 3 is 1.77 bits per heavy atom. The van der Waals surface area contributed by atoms with Crippen molar-refractivity contribution < 1.29 is 4.74 Å². The van der Waals surface area contributed by atoms with Crippen molar-refractivity contribution >= 4 is 0 Å². The summed E-state index contributed by atoms with van der Waals surface area (Å²) in [5.74, 6) is 0. The van der Waals surface area contributed by atoms with Gasteiger partial charge < -0.3 is 4.74 Å². The summed E-state index contributed by atoms with van der Waals surface area (Å²) < 4.78 is 6.22. The molecule has 1 saturated heterocycles. The fourth-order valence-electron chi connectivity index (χ4n) is 2.48. The zero-order valence-electron chi connectivity index (χ0n) is 8.68. The Balaban J connectivity index is 1.77. The Morgan fingerprint density at radius 2 is 1.46 bits per heavy atom. The van der Waals surface area contributed by atoms with Crippen LogP contribution in [0, 0.1) is 0 Å². The molecule has 0 aromatic rings. The Morgan fingerprint density at radius 1 is 1.00 bits per heavy atom. The van der Waals surface area contributed by atoms with E-state index in [4.69, 9.17) is 4.74 Å². The molecule has 2 nitrogen and oxygen atoms in total. The molecule has 0 atom stereocenters. The van der Waals surface area contributed by atoms with Gasteiger partial charge in [-0.15, -0.1) is 0 Å². The largest absolute Gasteiger partial charge is 0.366 e. The van der Waals surface area contributed by atoms with E-state index in [-0.39, 0.29) is 0 Å². The average molecular weight is 181 g/mol. The maximum atomic E-state index is 6.22. The fourth-order valence-corrected chi connectivity index (χ4v) is 2.48. The van der Waals surface area contributed by atoms with Crippen molar-refractivity contribution in [3.8, 4) is 0 Å². The lowest BCUT2D eigenvalue weighted by molar-refractivity contribution is -0.124. The van der Waals surface area contributed by atoms with Crippen molar-refractivity contribution in [3.63, 3.8) is 0 Å². The van der Waals surface area contributed by atoms with Crippen LogP contribution >= 0.6 is 0 Å².